The largest absolute Gasteiger partial charge is 0.478 e. The molecule has 0 aromatic heterocycles. The van der Waals surface area contributed by atoms with Gasteiger partial charge in [-0.1, -0.05) is 0 Å². The highest BCUT2D eigenvalue weighted by molar-refractivity contribution is 5.87. The van der Waals surface area contributed by atoms with E-state index in [2.05, 4.69) is 0 Å². The fourth-order valence-electron chi connectivity index (χ4n) is 1.66. The van der Waals surface area contributed by atoms with Gasteiger partial charge in [0.1, 0.15) is 0 Å². The van der Waals surface area contributed by atoms with E-state index in [1.807, 2.05) is 0 Å². The minimum atomic E-state index is -1.21. The molecule has 1 atom stereocenters. The first-order chi connectivity index (χ1) is 6.40. The van der Waals surface area contributed by atoms with Crippen LogP contribution in [0.25, 0.3) is 0 Å². The predicted molar refractivity (Wildman–Crippen MR) is 50.7 cm³/mol. The standard InChI is InChI=1S/C9H16N2O3/c1-9(8(13)14,10(2)3)11-6-4-5-7(11)12/h4-6H2,1-3H3,(H,13,14). The van der Waals surface area contributed by atoms with E-state index in [1.54, 1.807) is 25.9 Å². The summed E-state index contributed by atoms with van der Waals surface area (Å²) in [7, 11) is 3.33. The second kappa shape index (κ2) is 3.57. The number of likely N-dealkylation sites (tertiary alicyclic amines) is 1. The molecule has 0 aliphatic carbocycles. The average molecular weight is 200 g/mol. The molecule has 1 fully saturated rings. The number of rotatable bonds is 3. The predicted octanol–water partition coefficient (Wildman–Crippen LogP) is -0.0288. The van der Waals surface area contributed by atoms with Crippen molar-refractivity contribution in [3.05, 3.63) is 0 Å². The van der Waals surface area contributed by atoms with Gasteiger partial charge in [0.15, 0.2) is 5.66 Å². The molecule has 1 N–H and O–H groups in total. The third-order valence-corrected chi connectivity index (χ3v) is 2.87. The van der Waals surface area contributed by atoms with Gasteiger partial charge >= 0.3 is 5.97 Å². The third kappa shape index (κ3) is 1.48. The second-order valence-electron chi connectivity index (χ2n) is 3.87. The summed E-state index contributed by atoms with van der Waals surface area (Å²) in [4.78, 5) is 25.6. The molecule has 1 saturated heterocycles. The number of carbonyl (C=O) groups excluding carboxylic acids is 1. The smallest absolute Gasteiger partial charge is 0.344 e. The number of carbonyl (C=O) groups is 2. The highest BCUT2D eigenvalue weighted by Crippen LogP contribution is 2.24. The van der Waals surface area contributed by atoms with Crippen molar-refractivity contribution in [1.82, 2.24) is 9.80 Å². The van der Waals surface area contributed by atoms with Gasteiger partial charge in [0.2, 0.25) is 5.91 Å². The Labute approximate surface area is 83.3 Å². The van der Waals surface area contributed by atoms with Gasteiger partial charge in [-0.05, 0) is 27.4 Å². The number of amides is 1. The lowest BCUT2D eigenvalue weighted by Crippen LogP contribution is -2.61. The van der Waals surface area contributed by atoms with E-state index >= 15 is 0 Å². The van der Waals surface area contributed by atoms with Gasteiger partial charge in [0, 0.05) is 13.0 Å². The molecule has 0 aromatic carbocycles. The van der Waals surface area contributed by atoms with Crippen LogP contribution in [-0.4, -0.2) is 53.1 Å². The van der Waals surface area contributed by atoms with Crippen LogP contribution in [0.2, 0.25) is 0 Å². The number of aliphatic carboxylic acids is 1. The summed E-state index contributed by atoms with van der Waals surface area (Å²) in [5.74, 6) is -1.07. The maximum atomic E-state index is 11.5. The molecule has 0 aromatic rings. The molecule has 0 spiro atoms. The van der Waals surface area contributed by atoms with E-state index < -0.39 is 11.6 Å². The number of nitrogens with zero attached hydrogens (tertiary/aromatic N) is 2. The van der Waals surface area contributed by atoms with Gasteiger partial charge in [0.25, 0.3) is 0 Å². The highest BCUT2D eigenvalue weighted by Gasteiger charge is 2.45. The van der Waals surface area contributed by atoms with Crippen LogP contribution in [0.4, 0.5) is 0 Å². The topological polar surface area (TPSA) is 60.9 Å². The molecule has 1 amide bonds. The number of hydrogen-bond acceptors (Lipinski definition) is 3. The first-order valence-corrected chi connectivity index (χ1v) is 4.62. The van der Waals surface area contributed by atoms with E-state index in [0.717, 1.165) is 6.42 Å². The Morgan fingerprint density at radius 3 is 2.43 bits per heavy atom. The quantitative estimate of drug-likeness (QED) is 0.695. The van der Waals surface area contributed by atoms with Crippen LogP contribution >= 0.6 is 0 Å². The molecule has 0 bridgehead atoms. The van der Waals surface area contributed by atoms with E-state index in [0.29, 0.717) is 13.0 Å². The van der Waals surface area contributed by atoms with Gasteiger partial charge in [-0.3, -0.25) is 9.69 Å². The van der Waals surface area contributed by atoms with Crippen LogP contribution in [0.3, 0.4) is 0 Å². The average Bonchev–Trinajstić information content (AvgIpc) is 2.49. The molecule has 80 valence electrons. The Bertz CT molecular complexity index is 265. The summed E-state index contributed by atoms with van der Waals surface area (Å²) in [5, 5.41) is 9.15. The first kappa shape index (κ1) is 11.0. The maximum Gasteiger partial charge on any atom is 0.344 e. The lowest BCUT2D eigenvalue weighted by molar-refractivity contribution is -0.167. The molecule has 14 heavy (non-hydrogen) atoms. The molecule has 1 aliphatic rings. The molecule has 0 radical (unpaired) electrons. The summed E-state index contributed by atoms with van der Waals surface area (Å²) in [6.07, 6.45) is 1.20. The van der Waals surface area contributed by atoms with Crippen molar-refractivity contribution in [2.24, 2.45) is 0 Å². The summed E-state index contributed by atoms with van der Waals surface area (Å²) in [6.45, 7) is 2.08. The van der Waals surface area contributed by atoms with Crippen LogP contribution in [0.1, 0.15) is 19.8 Å². The summed E-state index contributed by atoms with van der Waals surface area (Å²) >= 11 is 0. The Morgan fingerprint density at radius 2 is 2.14 bits per heavy atom. The lowest BCUT2D eigenvalue weighted by Gasteiger charge is -2.39. The van der Waals surface area contributed by atoms with Gasteiger partial charge in [-0.25, -0.2) is 4.79 Å². The van der Waals surface area contributed by atoms with Crippen LogP contribution in [-0.2, 0) is 9.59 Å². The number of carboxylic acid groups (broad SMARTS) is 1. The number of carboxylic acids is 1. The molecular weight excluding hydrogens is 184 g/mol. The zero-order chi connectivity index (χ0) is 10.9. The zero-order valence-electron chi connectivity index (χ0n) is 8.78. The Hall–Kier alpha value is -1.10. The number of likely N-dealkylation sites (N-methyl/N-ethyl adjacent to an activating group) is 1. The van der Waals surface area contributed by atoms with Crippen LogP contribution in [0.15, 0.2) is 0 Å². The molecule has 1 unspecified atom stereocenters. The summed E-state index contributed by atoms with van der Waals surface area (Å²) < 4.78 is 0. The summed E-state index contributed by atoms with van der Waals surface area (Å²) in [5.41, 5.74) is -1.21. The Morgan fingerprint density at radius 1 is 1.57 bits per heavy atom. The third-order valence-electron chi connectivity index (χ3n) is 2.87. The van der Waals surface area contributed by atoms with E-state index in [9.17, 15) is 9.59 Å². The molecule has 1 rings (SSSR count). The van der Waals surface area contributed by atoms with Crippen molar-refractivity contribution in [3.8, 4) is 0 Å². The molecule has 1 heterocycles. The summed E-state index contributed by atoms with van der Waals surface area (Å²) in [6, 6.07) is 0. The number of hydrogen-bond donors (Lipinski definition) is 1. The van der Waals surface area contributed by atoms with Crippen molar-refractivity contribution >= 4 is 11.9 Å². The van der Waals surface area contributed by atoms with Crippen LogP contribution in [0.5, 0.6) is 0 Å². The second-order valence-corrected chi connectivity index (χ2v) is 3.87. The van der Waals surface area contributed by atoms with E-state index in [1.165, 1.54) is 4.90 Å². The van der Waals surface area contributed by atoms with Crippen LogP contribution < -0.4 is 0 Å². The molecular formula is C9H16N2O3. The van der Waals surface area contributed by atoms with E-state index in [-0.39, 0.29) is 5.91 Å². The van der Waals surface area contributed by atoms with Crippen molar-refractivity contribution < 1.29 is 14.7 Å². The molecule has 0 saturated carbocycles. The fourth-order valence-corrected chi connectivity index (χ4v) is 1.66. The maximum absolute atomic E-state index is 11.5. The SMILES string of the molecule is CN(C)C(C)(C(=O)O)N1CCCC1=O. The van der Waals surface area contributed by atoms with Crippen molar-refractivity contribution in [3.63, 3.8) is 0 Å². The van der Waals surface area contributed by atoms with Gasteiger partial charge in [-0.15, -0.1) is 0 Å². The Kier molecular flexibility index (Phi) is 2.80. The van der Waals surface area contributed by atoms with E-state index in [4.69, 9.17) is 5.11 Å². The van der Waals surface area contributed by atoms with Crippen LogP contribution in [0, 0.1) is 0 Å². The lowest BCUT2D eigenvalue weighted by atomic mass is 10.1. The first-order valence-electron chi connectivity index (χ1n) is 4.62. The van der Waals surface area contributed by atoms with Gasteiger partial charge in [-0.2, -0.15) is 0 Å². The fraction of sp³-hybridized carbons (Fsp3) is 0.778. The van der Waals surface area contributed by atoms with Gasteiger partial charge in [0.05, 0.1) is 0 Å². The van der Waals surface area contributed by atoms with Crippen molar-refractivity contribution in [2.45, 2.75) is 25.4 Å². The molecule has 1 aliphatic heterocycles. The highest BCUT2D eigenvalue weighted by atomic mass is 16.4. The molecule has 5 nitrogen and oxygen atoms in total. The van der Waals surface area contributed by atoms with Crippen molar-refractivity contribution in [2.75, 3.05) is 20.6 Å². The van der Waals surface area contributed by atoms with Crippen molar-refractivity contribution in [1.29, 1.82) is 0 Å². The zero-order valence-corrected chi connectivity index (χ0v) is 8.78. The molecule has 5 heteroatoms. The van der Waals surface area contributed by atoms with Gasteiger partial charge < -0.3 is 10.0 Å². The monoisotopic (exact) mass is 200 g/mol. The Balaban J connectivity index is 2.98. The normalized spacial score (nSPS) is 21.4. The minimum Gasteiger partial charge on any atom is -0.478 e. The minimum absolute atomic E-state index is 0.0800.